The van der Waals surface area contributed by atoms with Gasteiger partial charge >= 0.3 is 0 Å². The van der Waals surface area contributed by atoms with Crippen molar-refractivity contribution >= 4 is 5.91 Å². The second-order valence-corrected chi connectivity index (χ2v) is 5.52. The molecule has 1 unspecified atom stereocenters. The summed E-state index contributed by atoms with van der Waals surface area (Å²) in [5.74, 6) is 0.0243. The van der Waals surface area contributed by atoms with Gasteiger partial charge in [-0.15, -0.1) is 0 Å². The van der Waals surface area contributed by atoms with Gasteiger partial charge < -0.3 is 9.64 Å². The number of carbonyl (C=O) groups excluding carboxylic acids is 1. The summed E-state index contributed by atoms with van der Waals surface area (Å²) >= 11 is 0. The van der Waals surface area contributed by atoms with E-state index in [1.807, 2.05) is 4.90 Å². The topological polar surface area (TPSA) is 94.2 Å². The number of aryl methyl sites for hydroxylation is 2. The van der Waals surface area contributed by atoms with Crippen LogP contribution in [0.5, 0.6) is 0 Å². The van der Waals surface area contributed by atoms with Crippen LogP contribution in [0.25, 0.3) is 0 Å². The lowest BCUT2D eigenvalue weighted by Gasteiger charge is -2.35. The molecule has 0 aromatic carbocycles. The molecule has 3 heterocycles. The Balaban J connectivity index is 1.61. The maximum atomic E-state index is 12.6. The van der Waals surface area contributed by atoms with E-state index in [2.05, 4.69) is 24.9 Å². The molecule has 0 spiro atoms. The zero-order valence-electron chi connectivity index (χ0n) is 13.0. The number of morpholine rings is 1. The Morgan fingerprint density at radius 3 is 3.04 bits per heavy atom. The Morgan fingerprint density at radius 2 is 2.30 bits per heavy atom. The van der Waals surface area contributed by atoms with Crippen LogP contribution < -0.4 is 0 Å². The summed E-state index contributed by atoms with van der Waals surface area (Å²) in [6.45, 7) is 3.48. The predicted molar refractivity (Wildman–Crippen MR) is 79.4 cm³/mol. The highest BCUT2D eigenvalue weighted by Crippen LogP contribution is 2.15. The van der Waals surface area contributed by atoms with Gasteiger partial charge in [0.1, 0.15) is 11.4 Å². The quantitative estimate of drug-likeness (QED) is 0.795. The van der Waals surface area contributed by atoms with Gasteiger partial charge in [0.05, 0.1) is 31.4 Å². The van der Waals surface area contributed by atoms with E-state index in [1.54, 1.807) is 25.5 Å². The van der Waals surface area contributed by atoms with Gasteiger partial charge in [-0.25, -0.2) is 4.63 Å². The number of aromatic nitrogens is 4. The number of hydrogen-bond donors (Lipinski definition) is 0. The Bertz CT molecular complexity index is 646. The minimum Gasteiger partial charge on any atom is -0.377 e. The van der Waals surface area contributed by atoms with E-state index in [4.69, 9.17) is 4.74 Å². The van der Waals surface area contributed by atoms with Crippen molar-refractivity contribution in [3.8, 4) is 0 Å². The highest BCUT2D eigenvalue weighted by molar-refractivity contribution is 5.79. The van der Waals surface area contributed by atoms with Crippen LogP contribution in [0.15, 0.2) is 23.2 Å². The van der Waals surface area contributed by atoms with Crippen molar-refractivity contribution in [2.45, 2.75) is 32.2 Å². The van der Waals surface area contributed by atoms with E-state index in [0.29, 0.717) is 31.1 Å². The minimum atomic E-state index is 0.0243. The summed E-state index contributed by atoms with van der Waals surface area (Å²) < 4.78 is 10.2. The summed E-state index contributed by atoms with van der Waals surface area (Å²) in [5, 5.41) is 7.50. The number of rotatable bonds is 5. The van der Waals surface area contributed by atoms with Crippen LogP contribution in [0, 0.1) is 6.92 Å². The first-order valence-electron chi connectivity index (χ1n) is 7.64. The van der Waals surface area contributed by atoms with Crippen molar-refractivity contribution in [3.05, 3.63) is 35.7 Å². The fraction of sp³-hybridized carbons (Fsp3) is 0.533. The molecule has 0 radical (unpaired) electrons. The van der Waals surface area contributed by atoms with Crippen molar-refractivity contribution in [3.63, 3.8) is 0 Å². The molecule has 1 aliphatic rings. The normalized spacial score (nSPS) is 18.1. The van der Waals surface area contributed by atoms with Crippen LogP contribution in [0.4, 0.5) is 0 Å². The highest BCUT2D eigenvalue weighted by Gasteiger charge is 2.28. The monoisotopic (exact) mass is 317 g/mol. The van der Waals surface area contributed by atoms with Crippen molar-refractivity contribution in [1.29, 1.82) is 0 Å². The molecular weight excluding hydrogens is 298 g/mol. The molecule has 3 rings (SSSR count). The van der Waals surface area contributed by atoms with Gasteiger partial charge in [0, 0.05) is 25.1 Å². The molecule has 0 N–H and O–H groups in total. The zero-order chi connectivity index (χ0) is 16.1. The van der Waals surface area contributed by atoms with E-state index >= 15 is 0 Å². The summed E-state index contributed by atoms with van der Waals surface area (Å²) in [6, 6.07) is 0.0402. The summed E-state index contributed by atoms with van der Waals surface area (Å²) in [7, 11) is 0. The molecule has 122 valence electrons. The third kappa shape index (κ3) is 3.89. The van der Waals surface area contributed by atoms with Gasteiger partial charge in [-0.2, -0.15) is 0 Å². The Hall–Kier alpha value is -2.35. The molecule has 1 aliphatic heterocycles. The number of hydrogen-bond acceptors (Lipinski definition) is 7. The SMILES string of the molecule is Cc1nonc1CC(=O)N1CCOCC1CCc1cnccn1. The summed E-state index contributed by atoms with van der Waals surface area (Å²) in [4.78, 5) is 22.8. The number of amides is 1. The molecule has 8 nitrogen and oxygen atoms in total. The third-order valence-electron chi connectivity index (χ3n) is 3.96. The van der Waals surface area contributed by atoms with E-state index in [1.165, 1.54) is 0 Å². The average Bonchev–Trinajstić information content (AvgIpc) is 2.99. The molecule has 0 aliphatic carbocycles. The molecule has 0 bridgehead atoms. The second kappa shape index (κ2) is 7.28. The molecule has 1 atom stereocenters. The van der Waals surface area contributed by atoms with Gasteiger partial charge in [-0.1, -0.05) is 10.3 Å². The molecule has 2 aromatic heterocycles. The zero-order valence-corrected chi connectivity index (χ0v) is 13.0. The Morgan fingerprint density at radius 1 is 1.39 bits per heavy atom. The van der Waals surface area contributed by atoms with E-state index in [0.717, 1.165) is 18.5 Å². The van der Waals surface area contributed by atoms with Crippen molar-refractivity contribution in [1.82, 2.24) is 25.2 Å². The van der Waals surface area contributed by atoms with Crippen LogP contribution >= 0.6 is 0 Å². The van der Waals surface area contributed by atoms with E-state index < -0.39 is 0 Å². The van der Waals surface area contributed by atoms with Gasteiger partial charge in [0.15, 0.2) is 0 Å². The lowest BCUT2D eigenvalue weighted by molar-refractivity contribution is -0.139. The number of nitrogens with zero attached hydrogens (tertiary/aromatic N) is 5. The first-order valence-corrected chi connectivity index (χ1v) is 7.64. The molecule has 23 heavy (non-hydrogen) atoms. The maximum absolute atomic E-state index is 12.6. The largest absolute Gasteiger partial charge is 0.377 e. The van der Waals surface area contributed by atoms with E-state index in [-0.39, 0.29) is 18.4 Å². The molecule has 0 saturated carbocycles. The molecular formula is C15H19N5O3. The van der Waals surface area contributed by atoms with E-state index in [9.17, 15) is 4.79 Å². The highest BCUT2D eigenvalue weighted by atomic mass is 16.6. The lowest BCUT2D eigenvalue weighted by Crippen LogP contribution is -2.49. The number of carbonyl (C=O) groups is 1. The van der Waals surface area contributed by atoms with Crippen molar-refractivity contribution in [2.75, 3.05) is 19.8 Å². The van der Waals surface area contributed by atoms with Crippen LogP contribution in [0.2, 0.25) is 0 Å². The summed E-state index contributed by atoms with van der Waals surface area (Å²) in [6.07, 6.45) is 6.83. The average molecular weight is 317 g/mol. The smallest absolute Gasteiger partial charge is 0.229 e. The summed E-state index contributed by atoms with van der Waals surface area (Å²) in [5.41, 5.74) is 2.17. The standard InChI is InChI=1S/C15H19N5O3/c1-11-14(19-23-18-11)8-15(21)20-6-7-22-10-13(20)3-2-12-9-16-4-5-17-12/h4-5,9,13H,2-3,6-8,10H2,1H3. The molecule has 1 fully saturated rings. The third-order valence-corrected chi connectivity index (χ3v) is 3.96. The lowest BCUT2D eigenvalue weighted by atomic mass is 10.1. The predicted octanol–water partition coefficient (Wildman–Crippen LogP) is 0.571. The van der Waals surface area contributed by atoms with Gasteiger partial charge in [0.2, 0.25) is 5.91 Å². The molecule has 1 amide bonds. The van der Waals surface area contributed by atoms with Gasteiger partial charge in [0.25, 0.3) is 0 Å². The first kappa shape index (κ1) is 15.5. The number of ether oxygens (including phenoxy) is 1. The van der Waals surface area contributed by atoms with Crippen LogP contribution in [0.1, 0.15) is 23.5 Å². The molecule has 1 saturated heterocycles. The molecule has 2 aromatic rings. The van der Waals surface area contributed by atoms with Crippen molar-refractivity contribution in [2.24, 2.45) is 0 Å². The Kier molecular flexibility index (Phi) is 4.92. The maximum Gasteiger partial charge on any atom is 0.229 e. The molecule has 8 heteroatoms. The fourth-order valence-electron chi connectivity index (χ4n) is 2.65. The van der Waals surface area contributed by atoms with Crippen LogP contribution in [-0.2, 0) is 22.4 Å². The van der Waals surface area contributed by atoms with Gasteiger partial charge in [-0.3, -0.25) is 14.8 Å². The Labute approximate surface area is 133 Å². The minimum absolute atomic E-state index is 0.0243. The van der Waals surface area contributed by atoms with Crippen LogP contribution in [-0.4, -0.2) is 56.9 Å². The van der Waals surface area contributed by atoms with Crippen LogP contribution in [0.3, 0.4) is 0 Å². The fourth-order valence-corrected chi connectivity index (χ4v) is 2.65. The second-order valence-electron chi connectivity index (χ2n) is 5.52. The van der Waals surface area contributed by atoms with Crippen molar-refractivity contribution < 1.29 is 14.2 Å². The van der Waals surface area contributed by atoms with Gasteiger partial charge in [-0.05, 0) is 19.8 Å². The first-order chi connectivity index (χ1) is 11.2.